The lowest BCUT2D eigenvalue weighted by Gasteiger charge is -2.20. The number of carbonyl (C=O) groups excluding carboxylic acids is 2. The molecule has 1 amide bonds. The Balaban J connectivity index is 1.39. The summed E-state index contributed by atoms with van der Waals surface area (Å²) < 4.78 is 25.3. The summed E-state index contributed by atoms with van der Waals surface area (Å²) in [7, 11) is -3.04. The van der Waals surface area contributed by atoms with Gasteiger partial charge in [0.2, 0.25) is 5.91 Å². The van der Waals surface area contributed by atoms with Gasteiger partial charge in [-0.2, -0.15) is 5.10 Å². The Hall–Kier alpha value is -2.52. The Bertz CT molecular complexity index is 1120. The fourth-order valence-electron chi connectivity index (χ4n) is 4.39. The van der Waals surface area contributed by atoms with Crippen LogP contribution in [-0.2, 0) is 27.5 Å². The highest BCUT2D eigenvalue weighted by molar-refractivity contribution is 7.91. The predicted octanol–water partition coefficient (Wildman–Crippen LogP) is 1.79. The minimum absolute atomic E-state index is 0.0592. The average molecular weight is 445 g/mol. The summed E-state index contributed by atoms with van der Waals surface area (Å²) in [6.45, 7) is 5.15. The van der Waals surface area contributed by atoms with Crippen LogP contribution in [0.2, 0.25) is 0 Å². The molecule has 1 aromatic carbocycles. The maximum atomic E-state index is 12.8. The molecule has 8 nitrogen and oxygen atoms in total. The van der Waals surface area contributed by atoms with E-state index in [9.17, 15) is 18.0 Å². The van der Waals surface area contributed by atoms with Crippen molar-refractivity contribution in [3.05, 3.63) is 46.6 Å². The van der Waals surface area contributed by atoms with Gasteiger partial charge in [0.15, 0.2) is 15.6 Å². The highest BCUT2D eigenvalue weighted by atomic mass is 32.2. The Labute approximate surface area is 182 Å². The van der Waals surface area contributed by atoms with Crippen molar-refractivity contribution in [3.63, 3.8) is 0 Å². The molecule has 2 aromatic rings. The number of amides is 1. The van der Waals surface area contributed by atoms with Crippen molar-refractivity contribution in [1.82, 2.24) is 14.7 Å². The van der Waals surface area contributed by atoms with Gasteiger partial charge in [-0.05, 0) is 50.3 Å². The van der Waals surface area contributed by atoms with Gasteiger partial charge < -0.3 is 5.32 Å². The molecule has 0 unspecified atom stereocenters. The van der Waals surface area contributed by atoms with E-state index < -0.39 is 9.84 Å². The van der Waals surface area contributed by atoms with E-state index in [-0.39, 0.29) is 35.8 Å². The van der Waals surface area contributed by atoms with Crippen LogP contribution in [0.4, 0.5) is 5.82 Å². The second kappa shape index (κ2) is 8.55. The molecule has 1 atom stereocenters. The van der Waals surface area contributed by atoms with Crippen LogP contribution < -0.4 is 5.32 Å². The van der Waals surface area contributed by atoms with Crippen LogP contribution in [0, 0.1) is 6.92 Å². The molecule has 0 spiro atoms. The average Bonchev–Trinajstić information content (AvgIpc) is 3.17. The fraction of sp³-hybridized carbons (Fsp3) is 0.500. The molecule has 166 valence electrons. The van der Waals surface area contributed by atoms with E-state index in [0.29, 0.717) is 12.2 Å². The zero-order chi connectivity index (χ0) is 22.2. The van der Waals surface area contributed by atoms with Gasteiger partial charge in [-0.15, -0.1) is 0 Å². The quantitative estimate of drug-likeness (QED) is 0.706. The topological polar surface area (TPSA) is 101 Å². The zero-order valence-electron chi connectivity index (χ0n) is 17.9. The third-order valence-corrected chi connectivity index (χ3v) is 7.80. The van der Waals surface area contributed by atoms with E-state index in [1.54, 1.807) is 17.7 Å². The number of benzene rings is 1. The Morgan fingerprint density at radius 1 is 1.16 bits per heavy atom. The molecule has 9 heteroatoms. The van der Waals surface area contributed by atoms with Crippen molar-refractivity contribution in [3.8, 4) is 0 Å². The largest absolute Gasteiger partial charge is 0.310 e. The van der Waals surface area contributed by atoms with Crippen molar-refractivity contribution < 1.29 is 18.0 Å². The van der Waals surface area contributed by atoms with Gasteiger partial charge >= 0.3 is 0 Å². The Kier molecular flexibility index (Phi) is 5.98. The number of rotatable bonds is 5. The second-order valence-corrected chi connectivity index (χ2v) is 10.8. The number of sulfone groups is 1. The van der Waals surface area contributed by atoms with Crippen LogP contribution in [-0.4, -0.2) is 65.9 Å². The van der Waals surface area contributed by atoms with Crippen LogP contribution in [0.15, 0.2) is 24.3 Å². The summed E-state index contributed by atoms with van der Waals surface area (Å²) in [6.07, 6.45) is 2.14. The van der Waals surface area contributed by atoms with Crippen molar-refractivity contribution in [2.45, 2.75) is 39.2 Å². The van der Waals surface area contributed by atoms with E-state index >= 15 is 0 Å². The molecular weight excluding hydrogens is 416 g/mol. The van der Waals surface area contributed by atoms with Gasteiger partial charge in [0.05, 0.1) is 29.8 Å². The lowest BCUT2D eigenvalue weighted by Crippen LogP contribution is -2.35. The molecule has 0 radical (unpaired) electrons. The third kappa shape index (κ3) is 5.04. The second-order valence-electron chi connectivity index (χ2n) is 8.54. The molecule has 2 aliphatic heterocycles. The zero-order valence-corrected chi connectivity index (χ0v) is 18.7. The number of hydrogen-bond acceptors (Lipinski definition) is 6. The molecule has 1 N–H and O–H groups in total. The molecule has 1 fully saturated rings. The van der Waals surface area contributed by atoms with Crippen LogP contribution in [0.3, 0.4) is 0 Å². The summed E-state index contributed by atoms with van der Waals surface area (Å²) in [5.74, 6) is 0.684. The lowest BCUT2D eigenvalue weighted by atomic mass is 9.99. The molecule has 31 heavy (non-hydrogen) atoms. The molecule has 1 saturated heterocycles. The van der Waals surface area contributed by atoms with Gasteiger partial charge in [-0.25, -0.2) is 13.1 Å². The van der Waals surface area contributed by atoms with Crippen molar-refractivity contribution >= 4 is 27.3 Å². The number of aromatic nitrogens is 2. The minimum atomic E-state index is -3.04. The monoisotopic (exact) mass is 444 g/mol. The number of Topliss-reactive ketones (excluding diaryl/α,β-unsaturated/α-hetero) is 1. The van der Waals surface area contributed by atoms with Crippen molar-refractivity contribution in [2.75, 3.05) is 36.5 Å². The first-order valence-corrected chi connectivity index (χ1v) is 12.4. The predicted molar refractivity (Wildman–Crippen MR) is 118 cm³/mol. The van der Waals surface area contributed by atoms with Gasteiger partial charge in [-0.1, -0.05) is 12.1 Å². The Morgan fingerprint density at radius 3 is 2.58 bits per heavy atom. The molecule has 2 aliphatic rings. The van der Waals surface area contributed by atoms with Gasteiger partial charge in [0.25, 0.3) is 0 Å². The molecule has 4 rings (SSSR count). The molecular formula is C22H28N4O4S. The summed E-state index contributed by atoms with van der Waals surface area (Å²) in [5, 5.41) is 7.35. The van der Waals surface area contributed by atoms with E-state index in [2.05, 4.69) is 15.3 Å². The third-order valence-electron chi connectivity index (χ3n) is 6.05. The molecule has 0 saturated carbocycles. The van der Waals surface area contributed by atoms with Gasteiger partial charge in [0, 0.05) is 24.7 Å². The summed E-state index contributed by atoms with van der Waals surface area (Å²) in [6, 6.07) is 7.41. The number of fused-ring (bicyclic) bond motifs is 1. The maximum Gasteiger partial charge on any atom is 0.239 e. The molecule has 0 bridgehead atoms. The number of nitrogens with one attached hydrogen (secondary N) is 1. The number of nitrogens with zero attached hydrogens (tertiary/aromatic N) is 3. The Morgan fingerprint density at radius 2 is 1.90 bits per heavy atom. The molecule has 3 heterocycles. The summed E-state index contributed by atoms with van der Waals surface area (Å²) in [4.78, 5) is 26.5. The van der Waals surface area contributed by atoms with Crippen LogP contribution in [0.1, 0.15) is 46.6 Å². The standard InChI is InChI=1S/C22H28N4O4S/c1-15-11-21(26(24-15)20-7-10-31(29,30)14-20)23-22(28)13-25-8-5-17-3-4-18(16(2)27)12-19(17)6-9-25/h3-4,11-12,20H,5-10,13-14H2,1-2H3,(H,23,28)/t20-/m0/s1. The highest BCUT2D eigenvalue weighted by Gasteiger charge is 2.31. The first-order valence-electron chi connectivity index (χ1n) is 10.6. The van der Waals surface area contributed by atoms with E-state index in [1.165, 1.54) is 11.1 Å². The number of carbonyl (C=O) groups is 2. The minimum Gasteiger partial charge on any atom is -0.310 e. The van der Waals surface area contributed by atoms with Crippen LogP contribution >= 0.6 is 0 Å². The first kappa shape index (κ1) is 21.7. The normalized spacial score (nSPS) is 20.8. The molecule has 1 aromatic heterocycles. The maximum absolute atomic E-state index is 12.8. The number of hydrogen-bond donors (Lipinski definition) is 1. The van der Waals surface area contributed by atoms with Crippen molar-refractivity contribution in [1.29, 1.82) is 0 Å². The van der Waals surface area contributed by atoms with Gasteiger partial charge in [0.1, 0.15) is 5.82 Å². The summed E-state index contributed by atoms with van der Waals surface area (Å²) in [5.41, 5.74) is 3.87. The lowest BCUT2D eigenvalue weighted by molar-refractivity contribution is -0.117. The smallest absolute Gasteiger partial charge is 0.239 e. The van der Waals surface area contributed by atoms with Gasteiger partial charge in [-0.3, -0.25) is 14.5 Å². The summed E-state index contributed by atoms with van der Waals surface area (Å²) >= 11 is 0. The first-order chi connectivity index (χ1) is 14.7. The van der Waals surface area contributed by atoms with Crippen LogP contribution in [0.25, 0.3) is 0 Å². The number of ketones is 1. The van der Waals surface area contributed by atoms with Crippen LogP contribution in [0.5, 0.6) is 0 Å². The SMILES string of the molecule is CC(=O)c1ccc2c(c1)CCN(CC(=O)Nc1cc(C)nn1[C@H]1CCS(=O)(=O)C1)CC2. The fourth-order valence-corrected chi connectivity index (χ4v) is 6.08. The highest BCUT2D eigenvalue weighted by Crippen LogP contribution is 2.27. The van der Waals surface area contributed by atoms with E-state index in [1.807, 2.05) is 25.1 Å². The number of anilines is 1. The van der Waals surface area contributed by atoms with E-state index in [4.69, 9.17) is 0 Å². The van der Waals surface area contributed by atoms with Crippen molar-refractivity contribution in [2.24, 2.45) is 0 Å². The number of aryl methyl sites for hydroxylation is 1. The molecule has 0 aliphatic carbocycles. The van der Waals surface area contributed by atoms with E-state index in [0.717, 1.165) is 37.2 Å².